The monoisotopic (exact) mass is 337 g/mol. The maximum Gasteiger partial charge on any atom is 0.123 e. The highest BCUT2D eigenvalue weighted by Gasteiger charge is 2.07. The van der Waals surface area contributed by atoms with Crippen LogP contribution in [0.25, 0.3) is 0 Å². The lowest BCUT2D eigenvalue weighted by molar-refractivity contribution is 0.287. The zero-order valence-electron chi connectivity index (χ0n) is 13.8. The third-order valence-corrected chi connectivity index (χ3v) is 3.80. The fourth-order valence-corrected chi connectivity index (χ4v) is 2.37. The van der Waals surface area contributed by atoms with Crippen molar-refractivity contribution in [3.05, 3.63) is 95.8 Å². The number of ether oxygens (including phenoxy) is 2. The SMILES string of the molecule is NC(COc1ccc(OCc2ccccc2)cc1)c1ccc(F)cc1. The molecule has 0 spiro atoms. The predicted octanol–water partition coefficient (Wildman–Crippen LogP) is 4.48. The molecule has 0 aliphatic heterocycles. The molecule has 0 aliphatic carbocycles. The molecule has 2 N–H and O–H groups in total. The number of hydrogen-bond acceptors (Lipinski definition) is 3. The highest BCUT2D eigenvalue weighted by Crippen LogP contribution is 2.20. The largest absolute Gasteiger partial charge is 0.492 e. The van der Waals surface area contributed by atoms with Crippen molar-refractivity contribution in [3.63, 3.8) is 0 Å². The van der Waals surface area contributed by atoms with Crippen molar-refractivity contribution >= 4 is 0 Å². The Morgan fingerprint density at radius 1 is 0.760 bits per heavy atom. The van der Waals surface area contributed by atoms with Crippen LogP contribution >= 0.6 is 0 Å². The van der Waals surface area contributed by atoms with Crippen molar-refractivity contribution in [2.24, 2.45) is 5.73 Å². The van der Waals surface area contributed by atoms with E-state index >= 15 is 0 Å². The Balaban J connectivity index is 1.49. The molecule has 0 saturated heterocycles. The second kappa shape index (κ2) is 8.31. The van der Waals surface area contributed by atoms with Crippen LogP contribution in [0.4, 0.5) is 4.39 Å². The van der Waals surface area contributed by atoms with E-state index in [1.807, 2.05) is 54.6 Å². The fraction of sp³-hybridized carbons (Fsp3) is 0.143. The number of rotatable bonds is 7. The Kier molecular flexibility index (Phi) is 5.65. The fourth-order valence-electron chi connectivity index (χ4n) is 2.37. The predicted molar refractivity (Wildman–Crippen MR) is 96.0 cm³/mol. The Bertz CT molecular complexity index is 773. The first-order chi connectivity index (χ1) is 12.2. The first-order valence-electron chi connectivity index (χ1n) is 8.11. The Morgan fingerprint density at radius 3 is 2.00 bits per heavy atom. The molecule has 1 unspecified atom stereocenters. The number of halogens is 1. The molecule has 3 rings (SSSR count). The van der Waals surface area contributed by atoms with Gasteiger partial charge in [0, 0.05) is 0 Å². The van der Waals surface area contributed by atoms with Gasteiger partial charge in [-0.1, -0.05) is 42.5 Å². The summed E-state index contributed by atoms with van der Waals surface area (Å²) in [6, 6.07) is 23.2. The molecule has 25 heavy (non-hydrogen) atoms. The van der Waals surface area contributed by atoms with Gasteiger partial charge in [0.1, 0.15) is 30.5 Å². The van der Waals surface area contributed by atoms with E-state index in [4.69, 9.17) is 15.2 Å². The molecule has 0 saturated carbocycles. The van der Waals surface area contributed by atoms with Crippen molar-refractivity contribution in [2.75, 3.05) is 6.61 Å². The molecule has 0 aliphatic rings. The normalized spacial score (nSPS) is 11.8. The quantitative estimate of drug-likeness (QED) is 0.691. The molecule has 4 heteroatoms. The molecule has 0 bridgehead atoms. The van der Waals surface area contributed by atoms with E-state index in [-0.39, 0.29) is 11.9 Å². The molecular formula is C21H20FNO2. The average molecular weight is 337 g/mol. The lowest BCUT2D eigenvalue weighted by Crippen LogP contribution is -2.18. The molecule has 1 atom stereocenters. The first kappa shape index (κ1) is 17.0. The molecule has 3 aromatic carbocycles. The molecule has 0 heterocycles. The zero-order valence-corrected chi connectivity index (χ0v) is 13.8. The Labute approximate surface area is 146 Å². The summed E-state index contributed by atoms with van der Waals surface area (Å²) in [5, 5.41) is 0. The van der Waals surface area contributed by atoms with Gasteiger partial charge in [0.15, 0.2) is 0 Å². The lowest BCUT2D eigenvalue weighted by Gasteiger charge is -2.14. The summed E-state index contributed by atoms with van der Waals surface area (Å²) in [4.78, 5) is 0. The maximum atomic E-state index is 12.9. The second-order valence-electron chi connectivity index (χ2n) is 5.71. The van der Waals surface area contributed by atoms with Crippen LogP contribution in [0.1, 0.15) is 17.2 Å². The van der Waals surface area contributed by atoms with Crippen LogP contribution in [-0.4, -0.2) is 6.61 Å². The van der Waals surface area contributed by atoms with Crippen molar-refractivity contribution in [2.45, 2.75) is 12.6 Å². The van der Waals surface area contributed by atoms with Crippen molar-refractivity contribution in [1.82, 2.24) is 0 Å². The number of hydrogen-bond donors (Lipinski definition) is 1. The van der Waals surface area contributed by atoms with Crippen molar-refractivity contribution in [3.8, 4) is 11.5 Å². The number of benzene rings is 3. The minimum absolute atomic E-state index is 0.275. The number of nitrogens with two attached hydrogens (primary N) is 1. The second-order valence-corrected chi connectivity index (χ2v) is 5.71. The van der Waals surface area contributed by atoms with Crippen LogP contribution in [0, 0.1) is 5.82 Å². The van der Waals surface area contributed by atoms with Crippen LogP contribution < -0.4 is 15.2 Å². The van der Waals surface area contributed by atoms with Crippen molar-refractivity contribution < 1.29 is 13.9 Å². The smallest absolute Gasteiger partial charge is 0.123 e. The third kappa shape index (κ3) is 5.06. The van der Waals surface area contributed by atoms with E-state index in [1.165, 1.54) is 12.1 Å². The standard InChI is InChI=1S/C21H20FNO2/c22-18-8-6-17(7-9-18)21(23)15-25-20-12-10-19(11-13-20)24-14-16-4-2-1-3-5-16/h1-13,21H,14-15,23H2. The third-order valence-electron chi connectivity index (χ3n) is 3.80. The van der Waals surface area contributed by atoms with Crippen LogP contribution in [-0.2, 0) is 6.61 Å². The van der Waals surface area contributed by atoms with Gasteiger partial charge in [-0.05, 0) is 47.5 Å². The van der Waals surface area contributed by atoms with Crippen molar-refractivity contribution in [1.29, 1.82) is 0 Å². The van der Waals surface area contributed by atoms with Crippen LogP contribution in [0.15, 0.2) is 78.9 Å². The van der Waals surface area contributed by atoms with Gasteiger partial charge in [0.05, 0.1) is 6.04 Å². The first-order valence-corrected chi connectivity index (χ1v) is 8.11. The van der Waals surface area contributed by atoms with Gasteiger partial charge in [-0.25, -0.2) is 4.39 Å². The minimum Gasteiger partial charge on any atom is -0.492 e. The maximum absolute atomic E-state index is 12.9. The average Bonchev–Trinajstić information content (AvgIpc) is 2.67. The van der Waals surface area contributed by atoms with Gasteiger partial charge in [-0.3, -0.25) is 0 Å². The zero-order chi connectivity index (χ0) is 17.5. The summed E-state index contributed by atoms with van der Waals surface area (Å²) in [7, 11) is 0. The van der Waals surface area contributed by atoms with Gasteiger partial charge in [0.2, 0.25) is 0 Å². The van der Waals surface area contributed by atoms with E-state index in [2.05, 4.69) is 0 Å². The highest BCUT2D eigenvalue weighted by molar-refractivity contribution is 5.32. The highest BCUT2D eigenvalue weighted by atomic mass is 19.1. The van der Waals surface area contributed by atoms with E-state index in [0.717, 1.165) is 16.9 Å². The van der Waals surface area contributed by atoms with E-state index in [9.17, 15) is 4.39 Å². The van der Waals surface area contributed by atoms with Gasteiger partial charge in [-0.15, -0.1) is 0 Å². The molecule has 3 nitrogen and oxygen atoms in total. The summed E-state index contributed by atoms with van der Waals surface area (Å²) < 4.78 is 24.4. The summed E-state index contributed by atoms with van der Waals surface area (Å²) in [5.74, 6) is 1.21. The molecular weight excluding hydrogens is 317 g/mol. The molecule has 0 aromatic heterocycles. The summed E-state index contributed by atoms with van der Waals surface area (Å²) >= 11 is 0. The van der Waals surface area contributed by atoms with E-state index in [0.29, 0.717) is 19.0 Å². The Hall–Kier alpha value is -2.85. The van der Waals surface area contributed by atoms with Crippen LogP contribution in [0.5, 0.6) is 11.5 Å². The molecule has 0 fully saturated rings. The summed E-state index contributed by atoms with van der Waals surface area (Å²) in [5.41, 5.74) is 8.02. The van der Waals surface area contributed by atoms with E-state index < -0.39 is 0 Å². The molecule has 0 amide bonds. The molecule has 3 aromatic rings. The van der Waals surface area contributed by atoms with Gasteiger partial charge >= 0.3 is 0 Å². The van der Waals surface area contributed by atoms with Gasteiger partial charge in [0.25, 0.3) is 0 Å². The minimum atomic E-state index is -0.311. The van der Waals surface area contributed by atoms with Gasteiger partial charge < -0.3 is 15.2 Å². The van der Waals surface area contributed by atoms with Crippen LogP contribution in [0.2, 0.25) is 0 Å². The topological polar surface area (TPSA) is 44.5 Å². The Morgan fingerprint density at radius 2 is 1.36 bits per heavy atom. The van der Waals surface area contributed by atoms with Gasteiger partial charge in [-0.2, -0.15) is 0 Å². The molecule has 128 valence electrons. The van der Waals surface area contributed by atoms with E-state index in [1.54, 1.807) is 12.1 Å². The lowest BCUT2D eigenvalue weighted by atomic mass is 10.1. The summed E-state index contributed by atoms with van der Waals surface area (Å²) in [6.45, 7) is 0.840. The van der Waals surface area contributed by atoms with Crippen LogP contribution in [0.3, 0.4) is 0 Å². The molecule has 0 radical (unpaired) electrons. The summed E-state index contributed by atoms with van der Waals surface area (Å²) in [6.07, 6.45) is 0.